The van der Waals surface area contributed by atoms with Crippen LogP contribution in [0, 0.1) is 23.7 Å². The number of anilines is 1. The predicted molar refractivity (Wildman–Crippen MR) is 335 cm³/mol. The average molecular weight is 1340 g/mol. The first-order chi connectivity index (χ1) is 43.0. The Hall–Kier alpha value is -4.62. The molecule has 1 aromatic rings. The van der Waals surface area contributed by atoms with Gasteiger partial charge in [-0.2, -0.15) is 17.2 Å². The van der Waals surface area contributed by atoms with Crippen molar-refractivity contribution in [3.63, 3.8) is 0 Å². The number of methoxy groups -OCH3 is 5. The minimum absolute atomic E-state index is 0.0854. The van der Waals surface area contributed by atoms with Crippen LogP contribution < -0.4 is 30.9 Å². The summed E-state index contributed by atoms with van der Waals surface area (Å²) in [5.41, 5.74) is -0.905. The maximum atomic E-state index is 15.6. The number of esters is 1. The van der Waals surface area contributed by atoms with Crippen molar-refractivity contribution >= 4 is 72.6 Å². The van der Waals surface area contributed by atoms with Crippen LogP contribution in [0.5, 0.6) is 11.5 Å². The Morgan fingerprint density at radius 3 is 2.27 bits per heavy atom. The van der Waals surface area contributed by atoms with Crippen LogP contribution in [0.1, 0.15) is 64.2 Å². The number of carbonyl (C=O) groups is 4. The molecule has 2 amide bonds. The van der Waals surface area contributed by atoms with Gasteiger partial charge in [0.15, 0.2) is 47.8 Å². The SMILES string of the molecule is C=C(OC)C(=O)Nc1cc(OC)c(OC)cc1C(=O)O[C@H]1CC(O[C@@H]2C(=O)C(NC(=O)OC)=C3/C(=C\CSSSC)[C@@]2(O)C#C/C=C\C#C[C@@H]3O[C@@H]2O[C@H](C)[C@@H](NO[C@H]3C[C@H](O)[C@H](SC)[C@@H](C)O3)[C@H](O)[C@H]2OC[C@H]2C[C@H](OC)[C@@H](NC(C)C)CO2)O[C@@H](C)[C@@H]1O. The Balaban J connectivity index is 1.26. The van der Waals surface area contributed by atoms with Gasteiger partial charge in [-0.05, 0) is 55.3 Å². The van der Waals surface area contributed by atoms with E-state index in [-0.39, 0.29) is 94.6 Å². The van der Waals surface area contributed by atoms with E-state index in [0.717, 1.165) is 7.11 Å². The summed E-state index contributed by atoms with van der Waals surface area (Å²) in [6.07, 6.45) is -10.7. The molecule has 30 heteroatoms. The Bertz CT molecular complexity index is 2910. The van der Waals surface area contributed by atoms with E-state index in [1.165, 1.54) is 95.7 Å². The molecule has 0 aromatic heterocycles. The number of allylic oxidation sites excluding steroid dienone is 2. The summed E-state index contributed by atoms with van der Waals surface area (Å²) in [7, 11) is 10.8. The number of benzene rings is 1. The van der Waals surface area contributed by atoms with Gasteiger partial charge in [0.25, 0.3) is 5.91 Å². The van der Waals surface area contributed by atoms with Crippen molar-refractivity contribution in [2.45, 2.75) is 175 Å². The van der Waals surface area contributed by atoms with E-state index in [1.807, 2.05) is 33.3 Å². The van der Waals surface area contributed by atoms with Crippen LogP contribution in [-0.2, 0) is 66.5 Å². The van der Waals surface area contributed by atoms with Crippen molar-refractivity contribution < 1.29 is 106 Å². The molecule has 8 N–H and O–H groups in total. The molecule has 498 valence electrons. The normalized spacial score (nSPS) is 34.2. The number of Topliss-reactive ketones (excluding diaryl/α,β-unsaturated/α-hetero) is 1. The molecule has 2 aliphatic carbocycles. The molecular weight excluding hydrogens is 1260 g/mol. The van der Waals surface area contributed by atoms with Crippen molar-refractivity contribution in [3.8, 4) is 35.2 Å². The highest BCUT2D eigenvalue weighted by Gasteiger charge is 2.57. The monoisotopic (exact) mass is 1340 g/mol. The number of hydrogen-bond acceptors (Lipinski definition) is 28. The lowest BCUT2D eigenvalue weighted by molar-refractivity contribution is -0.311. The molecule has 1 unspecified atom stereocenters. The number of aliphatic hydroxyl groups excluding tert-OH is 3. The van der Waals surface area contributed by atoms with E-state index in [2.05, 4.69) is 51.7 Å². The summed E-state index contributed by atoms with van der Waals surface area (Å²) in [5, 5.41) is 56.8. The van der Waals surface area contributed by atoms with Crippen LogP contribution in [0.15, 0.2) is 59.5 Å². The number of carbonyl (C=O) groups excluding carboxylic acids is 4. The second-order valence-electron chi connectivity index (χ2n) is 21.8. The second kappa shape index (κ2) is 34.0. The van der Waals surface area contributed by atoms with Gasteiger partial charge in [0, 0.05) is 61.4 Å². The molecular formula is C60H82N4O22S4. The summed E-state index contributed by atoms with van der Waals surface area (Å²) >= 11 is 1.48. The molecule has 26 nitrogen and oxygen atoms in total. The van der Waals surface area contributed by atoms with Crippen LogP contribution in [0.3, 0.4) is 0 Å². The highest BCUT2D eigenvalue weighted by Crippen LogP contribution is 2.44. The number of nitrogens with one attached hydrogen (secondary N) is 4. The molecule has 19 atom stereocenters. The number of amides is 2. The van der Waals surface area contributed by atoms with Crippen LogP contribution in [-0.4, -0.2) is 232 Å². The molecule has 4 aliphatic heterocycles. The van der Waals surface area contributed by atoms with Gasteiger partial charge in [-0.1, -0.05) is 71.8 Å². The Morgan fingerprint density at radius 2 is 1.60 bits per heavy atom. The lowest BCUT2D eigenvalue weighted by Crippen LogP contribution is -2.64. The first-order valence-corrected chi connectivity index (χ1v) is 34.3. The fourth-order valence-corrected chi connectivity index (χ4v) is 14.3. The van der Waals surface area contributed by atoms with Crippen molar-refractivity contribution in [1.29, 1.82) is 0 Å². The Morgan fingerprint density at radius 1 is 0.878 bits per heavy atom. The number of ether oxygens (including phenoxy) is 13. The summed E-state index contributed by atoms with van der Waals surface area (Å²) in [4.78, 5) is 62.5. The van der Waals surface area contributed by atoms with Gasteiger partial charge in [0.2, 0.25) is 5.78 Å². The maximum absolute atomic E-state index is 15.6. The van der Waals surface area contributed by atoms with Gasteiger partial charge in [-0.3, -0.25) is 19.7 Å². The largest absolute Gasteiger partial charge is 0.493 e. The number of ketones is 1. The van der Waals surface area contributed by atoms with Crippen molar-refractivity contribution in [3.05, 3.63) is 65.1 Å². The van der Waals surface area contributed by atoms with E-state index in [1.54, 1.807) is 20.1 Å². The second-order valence-corrected chi connectivity index (χ2v) is 27.2. The summed E-state index contributed by atoms with van der Waals surface area (Å²) < 4.78 is 77.9. The Kier molecular flexibility index (Phi) is 27.5. The summed E-state index contributed by atoms with van der Waals surface area (Å²) in [6, 6.07) is 1.57. The number of thioether (sulfide) groups is 1. The average Bonchev–Trinajstić information content (AvgIpc) is 0.767. The molecule has 4 fully saturated rings. The molecule has 0 spiro atoms. The third-order valence-electron chi connectivity index (χ3n) is 15.5. The predicted octanol–water partition coefficient (Wildman–Crippen LogP) is 3.46. The molecule has 6 aliphatic rings. The van der Waals surface area contributed by atoms with Gasteiger partial charge in [-0.25, -0.2) is 9.59 Å². The smallest absolute Gasteiger partial charge is 0.411 e. The third kappa shape index (κ3) is 17.8. The zero-order valence-electron chi connectivity index (χ0n) is 52.1. The van der Waals surface area contributed by atoms with Crippen LogP contribution in [0.2, 0.25) is 0 Å². The quantitative estimate of drug-likeness (QED) is 0.0125. The molecule has 4 saturated heterocycles. The van der Waals surface area contributed by atoms with Gasteiger partial charge < -0.3 is 92.6 Å². The minimum atomic E-state index is -2.65. The van der Waals surface area contributed by atoms with Crippen LogP contribution in [0.4, 0.5) is 10.5 Å². The minimum Gasteiger partial charge on any atom is -0.493 e. The van der Waals surface area contributed by atoms with Crippen LogP contribution >= 0.6 is 43.2 Å². The standard InChI is InChI=1S/C60H82N4O22S4/c1-29(2)61-38-28-78-34(22-41(38)74-8)27-79-53-51(67)48(64-86-46-25-39(65)54(87-12)32(5)81-46)30(3)82-58(53)84-40-18-16-14-15-17-20-60(72)36(19-21-89-90-88-13)47(40)49(63-59(71)77-11)52(68)55(60)85-45-26-44(50(66)31(4)80-45)83-57(70)35-23-42(75-9)43(76-10)24-37(35)62-56(69)33(6)73-7/h14-15,19,23-24,29-32,34,38-41,44-46,48,50-51,53-55,58,61,64-67,72H,6,21-22,25-28H2,1-5,7-13H3,(H,62,69)(H,63,71)/b15-14-,36-19+/t30-,31+,32-,34-,38+,39+,40+,41+,44+,45?,46+,48-,50+,51+,53-,54-,55-,58+,60+/m1/s1. The fraction of sp³-hybridized carbons (Fsp3) is 0.633. The first-order valence-electron chi connectivity index (χ1n) is 28.9. The lowest BCUT2D eigenvalue weighted by atomic mass is 9.73. The maximum Gasteiger partial charge on any atom is 0.411 e. The highest BCUT2D eigenvalue weighted by molar-refractivity contribution is 9.09. The molecule has 0 radical (unpaired) electrons. The molecule has 7 rings (SSSR count). The van der Waals surface area contributed by atoms with E-state index >= 15 is 4.79 Å². The number of rotatable bonds is 26. The van der Waals surface area contributed by atoms with Gasteiger partial charge in [0.05, 0.1) is 113 Å². The number of hydroxylamine groups is 1. The molecule has 4 heterocycles. The van der Waals surface area contributed by atoms with Gasteiger partial charge >= 0.3 is 12.1 Å². The summed E-state index contributed by atoms with van der Waals surface area (Å²) in [5.74, 6) is 8.64. The number of hydrogen-bond donors (Lipinski definition) is 8. The lowest BCUT2D eigenvalue weighted by Gasteiger charge is -2.46. The van der Waals surface area contributed by atoms with E-state index < -0.39 is 127 Å². The van der Waals surface area contributed by atoms with Gasteiger partial charge in [0.1, 0.15) is 30.5 Å². The van der Waals surface area contributed by atoms with Crippen molar-refractivity contribution in [2.24, 2.45) is 0 Å². The first kappa shape index (κ1) is 72.8. The summed E-state index contributed by atoms with van der Waals surface area (Å²) in [6.45, 7) is 12.7. The van der Waals surface area contributed by atoms with Gasteiger partial charge in [-0.15, -0.1) is 0 Å². The fourth-order valence-electron chi connectivity index (χ4n) is 11.0. The van der Waals surface area contributed by atoms with E-state index in [9.17, 15) is 34.8 Å². The zero-order chi connectivity index (χ0) is 65.6. The zero-order valence-corrected chi connectivity index (χ0v) is 55.3. The molecule has 90 heavy (non-hydrogen) atoms. The van der Waals surface area contributed by atoms with Crippen molar-refractivity contribution in [2.75, 3.05) is 72.3 Å². The van der Waals surface area contributed by atoms with Crippen molar-refractivity contribution in [1.82, 2.24) is 16.1 Å². The molecule has 1 aromatic carbocycles. The number of alkyl carbamates (subject to hydrolysis) is 1. The Labute approximate surface area is 539 Å². The molecule has 0 saturated carbocycles. The van der Waals surface area contributed by atoms with Crippen LogP contribution in [0.25, 0.3) is 0 Å². The third-order valence-corrected chi connectivity index (χ3v) is 20.5. The number of aliphatic hydroxyl groups is 4. The van der Waals surface area contributed by atoms with E-state index in [4.69, 9.17) is 66.4 Å². The highest BCUT2D eigenvalue weighted by atomic mass is 33.5. The number of fused-ring (bicyclic) bond motifs is 2. The van der Waals surface area contributed by atoms with E-state index in [0.29, 0.717) is 6.42 Å². The topological polar surface area (TPSA) is 327 Å². The molecule has 2 bridgehead atoms.